The van der Waals surface area contributed by atoms with Gasteiger partial charge in [0.05, 0.1) is 0 Å². The smallest absolute Gasteiger partial charge is 0.417 e. The fraction of sp³-hybridized carbons (Fsp3) is 0.818. The molecule has 0 aromatic rings. The van der Waals surface area contributed by atoms with Gasteiger partial charge >= 0.3 is 6.09 Å². The minimum absolute atomic E-state index is 0.218. The van der Waals surface area contributed by atoms with Gasteiger partial charge in [-0.1, -0.05) is 13.8 Å². The summed E-state index contributed by atoms with van der Waals surface area (Å²) in [5.74, 6) is -0.218. The minimum Gasteiger partial charge on any atom is -0.436 e. The van der Waals surface area contributed by atoms with E-state index in [4.69, 9.17) is 4.74 Å². The van der Waals surface area contributed by atoms with Crippen LogP contribution in [0.2, 0.25) is 0 Å². The maximum Gasteiger partial charge on any atom is 0.417 e. The highest BCUT2D eigenvalue weighted by Gasteiger charge is 2.36. The number of cyclic esters (lactones) is 1. The Hall–Kier alpha value is -1.10. The van der Waals surface area contributed by atoms with Gasteiger partial charge in [0.1, 0.15) is 0 Å². The highest BCUT2D eigenvalue weighted by atomic mass is 16.6. The van der Waals surface area contributed by atoms with Crippen molar-refractivity contribution in [2.24, 2.45) is 0 Å². The normalized spacial score (nSPS) is 20.8. The van der Waals surface area contributed by atoms with Crippen molar-refractivity contribution in [2.45, 2.75) is 33.3 Å². The van der Waals surface area contributed by atoms with Crippen molar-refractivity contribution in [2.75, 3.05) is 26.2 Å². The largest absolute Gasteiger partial charge is 0.436 e. The lowest BCUT2D eigenvalue weighted by Crippen LogP contribution is -2.34. The van der Waals surface area contributed by atoms with Crippen molar-refractivity contribution < 1.29 is 14.3 Å². The fourth-order valence-corrected chi connectivity index (χ4v) is 1.77. The first kappa shape index (κ1) is 13.0. The van der Waals surface area contributed by atoms with Crippen molar-refractivity contribution in [1.82, 2.24) is 9.80 Å². The van der Waals surface area contributed by atoms with Crippen molar-refractivity contribution in [3.05, 3.63) is 0 Å². The first-order valence-corrected chi connectivity index (χ1v) is 5.84. The number of carbonyl (C=O) groups excluding carboxylic acids is 2. The summed E-state index contributed by atoms with van der Waals surface area (Å²) in [6.07, 6.45) is -0.312. The summed E-state index contributed by atoms with van der Waals surface area (Å²) in [6.45, 7) is 9.14. The molecule has 1 saturated heterocycles. The van der Waals surface area contributed by atoms with Crippen molar-refractivity contribution in [1.29, 1.82) is 0 Å². The third kappa shape index (κ3) is 2.95. The molecule has 0 spiro atoms. The quantitative estimate of drug-likeness (QED) is 0.682. The number of nitrogens with zero attached hydrogens (tertiary/aromatic N) is 2. The van der Waals surface area contributed by atoms with Crippen molar-refractivity contribution in [3.63, 3.8) is 0 Å². The second-order valence-electron chi connectivity index (χ2n) is 3.90. The van der Waals surface area contributed by atoms with Gasteiger partial charge in [-0.3, -0.25) is 4.79 Å². The molecule has 0 aliphatic carbocycles. The zero-order valence-electron chi connectivity index (χ0n) is 10.2. The van der Waals surface area contributed by atoms with Gasteiger partial charge in [0, 0.05) is 6.54 Å². The summed E-state index contributed by atoms with van der Waals surface area (Å²) in [7, 11) is 0. The van der Waals surface area contributed by atoms with Crippen LogP contribution in [0.3, 0.4) is 0 Å². The van der Waals surface area contributed by atoms with E-state index in [1.54, 1.807) is 6.92 Å². The number of amides is 2. The standard InChI is InChI=1S/C11H20N2O3/c1-4-12(5-2)7-6-8-13-10(14)9(3)16-11(13)15/h9H,4-8H2,1-3H3. The fourth-order valence-electron chi connectivity index (χ4n) is 1.77. The van der Waals surface area contributed by atoms with E-state index in [1.807, 2.05) is 0 Å². The lowest BCUT2D eigenvalue weighted by Gasteiger charge is -2.19. The molecule has 92 valence electrons. The molecular weight excluding hydrogens is 208 g/mol. The van der Waals surface area contributed by atoms with Crippen molar-refractivity contribution >= 4 is 12.0 Å². The average molecular weight is 228 g/mol. The third-order valence-corrected chi connectivity index (χ3v) is 2.86. The molecule has 0 N–H and O–H groups in total. The molecule has 0 aromatic heterocycles. The molecule has 1 unspecified atom stereocenters. The average Bonchev–Trinajstić information content (AvgIpc) is 2.50. The van der Waals surface area contributed by atoms with Crippen LogP contribution in [-0.2, 0) is 9.53 Å². The number of ether oxygens (including phenoxy) is 1. The van der Waals surface area contributed by atoms with Crippen LogP contribution in [0, 0.1) is 0 Å². The van der Waals surface area contributed by atoms with Crippen LogP contribution in [0.5, 0.6) is 0 Å². The van der Waals surface area contributed by atoms with E-state index >= 15 is 0 Å². The van der Waals surface area contributed by atoms with Crippen LogP contribution in [0.25, 0.3) is 0 Å². The molecule has 0 radical (unpaired) electrons. The summed E-state index contributed by atoms with van der Waals surface area (Å²) in [6, 6.07) is 0. The molecule has 0 saturated carbocycles. The molecule has 1 rings (SSSR count). The van der Waals surface area contributed by atoms with Gasteiger partial charge in [-0.05, 0) is 33.0 Å². The Morgan fingerprint density at radius 1 is 1.31 bits per heavy atom. The van der Waals surface area contributed by atoms with Gasteiger partial charge in [-0.25, -0.2) is 9.69 Å². The van der Waals surface area contributed by atoms with E-state index in [1.165, 1.54) is 4.90 Å². The summed E-state index contributed by atoms with van der Waals surface area (Å²) in [5.41, 5.74) is 0. The molecule has 5 heteroatoms. The highest BCUT2D eigenvalue weighted by Crippen LogP contribution is 2.12. The SMILES string of the molecule is CCN(CC)CCCN1C(=O)OC(C)C1=O. The summed E-state index contributed by atoms with van der Waals surface area (Å²) < 4.78 is 4.82. The van der Waals surface area contributed by atoms with Gasteiger partial charge < -0.3 is 9.64 Å². The molecule has 16 heavy (non-hydrogen) atoms. The predicted octanol–water partition coefficient (Wildman–Crippen LogP) is 1.09. The molecule has 1 aliphatic heterocycles. The molecule has 1 heterocycles. The van der Waals surface area contributed by atoms with Crippen LogP contribution in [0.15, 0.2) is 0 Å². The van der Waals surface area contributed by atoms with Crippen LogP contribution in [0.4, 0.5) is 4.79 Å². The minimum atomic E-state index is -0.610. The Labute approximate surface area is 96.3 Å². The number of carbonyl (C=O) groups is 2. The summed E-state index contributed by atoms with van der Waals surface area (Å²) in [5, 5.41) is 0. The maximum atomic E-state index is 11.5. The van der Waals surface area contributed by atoms with Gasteiger partial charge in [0.25, 0.3) is 5.91 Å². The summed E-state index contributed by atoms with van der Waals surface area (Å²) >= 11 is 0. The number of hydrogen-bond donors (Lipinski definition) is 0. The topological polar surface area (TPSA) is 49.9 Å². The Morgan fingerprint density at radius 3 is 2.38 bits per heavy atom. The van der Waals surface area contributed by atoms with Crippen LogP contribution >= 0.6 is 0 Å². The molecular formula is C11H20N2O3. The molecule has 5 nitrogen and oxygen atoms in total. The number of imide groups is 1. The Kier molecular flexibility index (Phi) is 4.73. The first-order valence-electron chi connectivity index (χ1n) is 5.84. The van der Waals surface area contributed by atoms with E-state index in [2.05, 4.69) is 18.7 Å². The van der Waals surface area contributed by atoms with Gasteiger partial charge in [0.15, 0.2) is 6.10 Å². The van der Waals surface area contributed by atoms with Crippen LogP contribution in [0.1, 0.15) is 27.2 Å². The van der Waals surface area contributed by atoms with E-state index in [0.717, 1.165) is 26.1 Å². The first-order chi connectivity index (χ1) is 7.60. The molecule has 1 atom stereocenters. The maximum absolute atomic E-state index is 11.5. The molecule has 1 aliphatic rings. The van der Waals surface area contributed by atoms with E-state index < -0.39 is 12.2 Å². The van der Waals surface area contributed by atoms with Crippen LogP contribution < -0.4 is 0 Å². The van der Waals surface area contributed by atoms with Gasteiger partial charge in [-0.2, -0.15) is 0 Å². The highest BCUT2D eigenvalue weighted by molar-refractivity contribution is 5.99. The monoisotopic (exact) mass is 228 g/mol. The van der Waals surface area contributed by atoms with E-state index in [-0.39, 0.29) is 5.91 Å². The second kappa shape index (κ2) is 5.84. The number of hydrogen-bond acceptors (Lipinski definition) is 4. The molecule has 0 bridgehead atoms. The molecule has 1 fully saturated rings. The Morgan fingerprint density at radius 2 is 1.94 bits per heavy atom. The number of rotatable bonds is 6. The molecule has 0 aromatic carbocycles. The zero-order chi connectivity index (χ0) is 12.1. The van der Waals surface area contributed by atoms with Gasteiger partial charge in [-0.15, -0.1) is 0 Å². The van der Waals surface area contributed by atoms with Crippen LogP contribution in [-0.4, -0.2) is 54.1 Å². The second-order valence-corrected chi connectivity index (χ2v) is 3.90. The van der Waals surface area contributed by atoms with Crippen molar-refractivity contribution in [3.8, 4) is 0 Å². The lowest BCUT2D eigenvalue weighted by molar-refractivity contribution is -0.129. The Balaban J connectivity index is 2.32. The third-order valence-electron chi connectivity index (χ3n) is 2.86. The predicted molar refractivity (Wildman–Crippen MR) is 60.1 cm³/mol. The van der Waals surface area contributed by atoms with E-state index in [0.29, 0.717) is 6.54 Å². The molecule has 2 amide bonds. The zero-order valence-corrected chi connectivity index (χ0v) is 10.2. The summed E-state index contributed by atoms with van der Waals surface area (Å²) in [4.78, 5) is 26.2. The van der Waals surface area contributed by atoms with Gasteiger partial charge in [0.2, 0.25) is 0 Å². The lowest BCUT2D eigenvalue weighted by atomic mass is 10.3. The Bertz CT molecular complexity index is 264. The van der Waals surface area contributed by atoms with E-state index in [9.17, 15) is 9.59 Å².